The van der Waals surface area contributed by atoms with Gasteiger partial charge in [0.15, 0.2) is 0 Å². The van der Waals surface area contributed by atoms with E-state index in [0.29, 0.717) is 49.8 Å². The van der Waals surface area contributed by atoms with Crippen molar-refractivity contribution in [2.24, 2.45) is 0 Å². The first-order chi connectivity index (χ1) is 16.0. The molecule has 0 radical (unpaired) electrons. The lowest BCUT2D eigenvalue weighted by Crippen LogP contribution is -2.44. The molecule has 2 amide bonds. The van der Waals surface area contributed by atoms with E-state index in [9.17, 15) is 19.7 Å². The van der Waals surface area contributed by atoms with E-state index in [1.807, 2.05) is 0 Å². The molecule has 0 spiro atoms. The van der Waals surface area contributed by atoms with Crippen molar-refractivity contribution in [1.82, 2.24) is 10.2 Å². The van der Waals surface area contributed by atoms with E-state index in [4.69, 9.17) is 9.47 Å². The van der Waals surface area contributed by atoms with Crippen LogP contribution in [-0.2, 0) is 9.53 Å². The maximum atomic E-state index is 13.1. The van der Waals surface area contributed by atoms with Gasteiger partial charge < -0.3 is 19.7 Å². The normalized spacial score (nSPS) is 14.0. The number of unbranched alkanes of at least 4 members (excludes halogenated alkanes) is 1. The quantitative estimate of drug-likeness (QED) is 0.270. The van der Waals surface area contributed by atoms with Gasteiger partial charge in [-0.3, -0.25) is 19.7 Å². The Morgan fingerprint density at radius 1 is 1.12 bits per heavy atom. The summed E-state index contributed by atoms with van der Waals surface area (Å²) in [5.74, 6) is -0.111. The third-order valence-corrected chi connectivity index (χ3v) is 5.07. The summed E-state index contributed by atoms with van der Waals surface area (Å²) >= 11 is 0. The van der Waals surface area contributed by atoms with E-state index in [2.05, 4.69) is 12.2 Å². The highest BCUT2D eigenvalue weighted by Gasteiger charge is 2.23. The van der Waals surface area contributed by atoms with Crippen LogP contribution in [0, 0.1) is 10.1 Å². The number of amides is 2. The summed E-state index contributed by atoms with van der Waals surface area (Å²) in [6.07, 6.45) is 3.49. The van der Waals surface area contributed by atoms with Gasteiger partial charge in [-0.25, -0.2) is 0 Å². The third kappa shape index (κ3) is 6.88. The molecule has 9 nitrogen and oxygen atoms in total. The number of hydrogen-bond donors (Lipinski definition) is 1. The second kappa shape index (κ2) is 11.8. The van der Waals surface area contributed by atoms with Gasteiger partial charge in [-0.1, -0.05) is 13.3 Å². The zero-order chi connectivity index (χ0) is 23.6. The molecular formula is C24H27N3O6. The van der Waals surface area contributed by atoms with Gasteiger partial charge in [0.05, 0.1) is 24.7 Å². The van der Waals surface area contributed by atoms with Gasteiger partial charge in [0.25, 0.3) is 17.5 Å². The number of morpholine rings is 1. The topological polar surface area (TPSA) is 111 Å². The lowest BCUT2D eigenvalue weighted by Gasteiger charge is -2.27. The van der Waals surface area contributed by atoms with Crippen LogP contribution in [0.25, 0.3) is 6.08 Å². The first kappa shape index (κ1) is 23.9. The summed E-state index contributed by atoms with van der Waals surface area (Å²) in [5.41, 5.74) is 0.955. The van der Waals surface area contributed by atoms with E-state index >= 15 is 0 Å². The van der Waals surface area contributed by atoms with E-state index in [1.165, 1.54) is 30.3 Å². The number of ether oxygens (including phenoxy) is 2. The molecule has 0 atom stereocenters. The predicted octanol–water partition coefficient (Wildman–Crippen LogP) is 3.40. The van der Waals surface area contributed by atoms with Crippen molar-refractivity contribution in [2.45, 2.75) is 19.8 Å². The van der Waals surface area contributed by atoms with Crippen molar-refractivity contribution in [2.75, 3.05) is 32.9 Å². The van der Waals surface area contributed by atoms with Gasteiger partial charge in [-0.15, -0.1) is 0 Å². The van der Waals surface area contributed by atoms with Gasteiger partial charge in [-0.2, -0.15) is 0 Å². The molecule has 9 heteroatoms. The van der Waals surface area contributed by atoms with Crippen molar-refractivity contribution in [3.63, 3.8) is 0 Å². The molecule has 1 saturated heterocycles. The highest BCUT2D eigenvalue weighted by atomic mass is 16.6. The average molecular weight is 453 g/mol. The van der Waals surface area contributed by atoms with Gasteiger partial charge in [0.2, 0.25) is 0 Å². The van der Waals surface area contributed by atoms with E-state index < -0.39 is 10.8 Å². The Morgan fingerprint density at radius 3 is 2.39 bits per heavy atom. The maximum Gasteiger partial charge on any atom is 0.270 e. The molecule has 2 aromatic rings. The Labute approximate surface area is 192 Å². The third-order valence-electron chi connectivity index (χ3n) is 5.07. The summed E-state index contributed by atoms with van der Waals surface area (Å²) in [6, 6.07) is 12.5. The van der Waals surface area contributed by atoms with Gasteiger partial charge in [0, 0.05) is 30.8 Å². The number of benzene rings is 2. The van der Waals surface area contributed by atoms with Crippen LogP contribution in [0.5, 0.6) is 5.75 Å². The Morgan fingerprint density at radius 2 is 1.79 bits per heavy atom. The van der Waals surface area contributed by atoms with Crippen molar-refractivity contribution < 1.29 is 24.0 Å². The Hall–Kier alpha value is -3.72. The highest BCUT2D eigenvalue weighted by Crippen LogP contribution is 2.17. The number of nitro groups is 1. The van der Waals surface area contributed by atoms with Gasteiger partial charge in [0.1, 0.15) is 11.4 Å². The summed E-state index contributed by atoms with van der Waals surface area (Å²) < 4.78 is 10.9. The molecule has 1 fully saturated rings. The minimum absolute atomic E-state index is 0.0570. The van der Waals surface area contributed by atoms with Gasteiger partial charge >= 0.3 is 0 Å². The standard InChI is InChI=1S/C24H27N3O6/c1-2-3-14-33-21-10-6-19(7-11-21)23(28)25-22(24(29)26-12-15-32-16-13-26)17-18-4-8-20(9-5-18)27(30)31/h4-11,17H,2-3,12-16H2,1H3,(H,25,28)/b22-17+. The van der Waals surface area contributed by atoms with Gasteiger partial charge in [-0.05, 0) is 54.5 Å². The molecule has 0 aliphatic carbocycles. The SMILES string of the molecule is CCCCOc1ccc(C(=O)N/C(=C/c2ccc([N+](=O)[O-])cc2)C(=O)N2CCOCC2)cc1. The van der Waals surface area contributed by atoms with Crippen LogP contribution in [0.4, 0.5) is 5.69 Å². The number of carbonyl (C=O) groups is 2. The number of rotatable bonds is 9. The van der Waals surface area contributed by atoms with Crippen molar-refractivity contribution in [3.8, 4) is 5.75 Å². The Balaban J connectivity index is 1.79. The summed E-state index contributed by atoms with van der Waals surface area (Å²) in [6.45, 7) is 4.36. The molecule has 0 aromatic heterocycles. The summed E-state index contributed by atoms with van der Waals surface area (Å²) in [4.78, 5) is 38.0. The van der Waals surface area contributed by atoms with Crippen LogP contribution < -0.4 is 10.1 Å². The molecule has 174 valence electrons. The Bertz CT molecular complexity index is 996. The average Bonchev–Trinajstić information content (AvgIpc) is 2.84. The number of nitro benzene ring substituents is 1. The highest BCUT2D eigenvalue weighted by molar-refractivity contribution is 6.05. The minimum atomic E-state index is -0.495. The van der Waals surface area contributed by atoms with Crippen molar-refractivity contribution in [1.29, 1.82) is 0 Å². The minimum Gasteiger partial charge on any atom is -0.494 e. The fourth-order valence-corrected chi connectivity index (χ4v) is 3.18. The van der Waals surface area contributed by atoms with E-state index in [-0.39, 0.29) is 17.3 Å². The molecule has 1 N–H and O–H groups in total. The molecule has 0 unspecified atom stereocenters. The monoisotopic (exact) mass is 453 g/mol. The molecule has 2 aromatic carbocycles. The zero-order valence-corrected chi connectivity index (χ0v) is 18.5. The van der Waals surface area contributed by atoms with Crippen molar-refractivity contribution >= 4 is 23.6 Å². The lowest BCUT2D eigenvalue weighted by molar-refractivity contribution is -0.384. The maximum absolute atomic E-state index is 13.1. The van der Waals surface area contributed by atoms with Crippen LogP contribution in [0.2, 0.25) is 0 Å². The Kier molecular flexibility index (Phi) is 8.54. The van der Waals surface area contributed by atoms with Crippen LogP contribution in [0.15, 0.2) is 54.2 Å². The smallest absolute Gasteiger partial charge is 0.270 e. The number of nitrogens with zero attached hydrogens (tertiary/aromatic N) is 2. The second-order valence-corrected chi connectivity index (χ2v) is 7.49. The first-order valence-electron chi connectivity index (χ1n) is 10.9. The molecule has 1 heterocycles. The largest absolute Gasteiger partial charge is 0.494 e. The van der Waals surface area contributed by atoms with E-state index in [1.54, 1.807) is 29.2 Å². The number of nitrogens with one attached hydrogen (secondary N) is 1. The molecular weight excluding hydrogens is 426 g/mol. The number of hydrogen-bond acceptors (Lipinski definition) is 6. The summed E-state index contributed by atoms with van der Waals surface area (Å²) in [5, 5.41) is 13.6. The van der Waals surface area contributed by atoms with Crippen LogP contribution in [0.3, 0.4) is 0 Å². The molecule has 3 rings (SSSR count). The van der Waals surface area contributed by atoms with E-state index in [0.717, 1.165) is 12.8 Å². The number of non-ortho nitro benzene ring substituents is 1. The molecule has 0 bridgehead atoms. The zero-order valence-electron chi connectivity index (χ0n) is 18.5. The van der Waals surface area contributed by atoms with Crippen LogP contribution in [-0.4, -0.2) is 54.5 Å². The summed E-state index contributed by atoms with van der Waals surface area (Å²) in [7, 11) is 0. The lowest BCUT2D eigenvalue weighted by atomic mass is 10.1. The first-order valence-corrected chi connectivity index (χ1v) is 10.9. The second-order valence-electron chi connectivity index (χ2n) is 7.49. The fourth-order valence-electron chi connectivity index (χ4n) is 3.18. The fraction of sp³-hybridized carbons (Fsp3) is 0.333. The van der Waals surface area contributed by atoms with Crippen molar-refractivity contribution in [3.05, 3.63) is 75.5 Å². The molecule has 0 saturated carbocycles. The molecule has 1 aliphatic rings. The predicted molar refractivity (Wildman–Crippen MR) is 123 cm³/mol. The van der Waals surface area contributed by atoms with Crippen LogP contribution in [0.1, 0.15) is 35.7 Å². The number of carbonyl (C=O) groups excluding carboxylic acids is 2. The van der Waals surface area contributed by atoms with Crippen LogP contribution >= 0.6 is 0 Å². The molecule has 1 aliphatic heterocycles. The molecule has 33 heavy (non-hydrogen) atoms.